The van der Waals surface area contributed by atoms with Crippen LogP contribution in [-0.4, -0.2) is 30.2 Å². The van der Waals surface area contributed by atoms with Crippen molar-refractivity contribution in [2.45, 2.75) is 13.1 Å². The van der Waals surface area contributed by atoms with Crippen molar-refractivity contribution >= 4 is 11.8 Å². The Kier molecular flexibility index (Phi) is 4.71. The molecule has 0 bridgehead atoms. The number of ether oxygens (including phenoxy) is 1. The Morgan fingerprint density at radius 3 is 2.67 bits per heavy atom. The van der Waals surface area contributed by atoms with Gasteiger partial charge < -0.3 is 15.8 Å². The van der Waals surface area contributed by atoms with Crippen LogP contribution >= 0.6 is 0 Å². The molecular formula is C10H15F3N4O. The van der Waals surface area contributed by atoms with Crippen molar-refractivity contribution in [2.24, 2.45) is 5.92 Å². The second-order valence-corrected chi connectivity index (χ2v) is 3.94. The maximum Gasteiger partial charge on any atom is 0.433 e. The molecular weight excluding hydrogens is 249 g/mol. The summed E-state index contributed by atoms with van der Waals surface area (Å²) in [5, 5.41) is 2.77. The number of anilines is 2. The normalized spacial score (nSPS) is 13.4. The van der Waals surface area contributed by atoms with Crippen molar-refractivity contribution in [3.8, 4) is 0 Å². The minimum atomic E-state index is -4.54. The van der Waals surface area contributed by atoms with Crippen LogP contribution in [0.1, 0.15) is 12.6 Å². The molecule has 8 heteroatoms. The molecule has 0 saturated carbocycles. The zero-order valence-corrected chi connectivity index (χ0v) is 10.1. The van der Waals surface area contributed by atoms with Gasteiger partial charge in [0.15, 0.2) is 5.69 Å². The highest BCUT2D eigenvalue weighted by molar-refractivity contribution is 5.41. The number of nitrogens with zero attached hydrogens (tertiary/aromatic N) is 2. The summed E-state index contributed by atoms with van der Waals surface area (Å²) in [5.74, 6) is -0.218. The molecule has 0 radical (unpaired) electrons. The molecule has 3 N–H and O–H groups in total. The number of nitrogens with two attached hydrogens (primary N) is 1. The van der Waals surface area contributed by atoms with E-state index in [1.807, 2.05) is 6.92 Å². The molecule has 0 amide bonds. The summed E-state index contributed by atoms with van der Waals surface area (Å²) in [7, 11) is 1.56. The van der Waals surface area contributed by atoms with Gasteiger partial charge in [0.1, 0.15) is 5.82 Å². The van der Waals surface area contributed by atoms with Crippen LogP contribution in [-0.2, 0) is 10.9 Å². The third-order valence-electron chi connectivity index (χ3n) is 2.12. The first-order chi connectivity index (χ1) is 8.32. The molecule has 5 nitrogen and oxygen atoms in total. The fourth-order valence-electron chi connectivity index (χ4n) is 1.32. The summed E-state index contributed by atoms with van der Waals surface area (Å²) in [6.45, 7) is 2.83. The van der Waals surface area contributed by atoms with E-state index in [0.717, 1.165) is 6.07 Å². The highest BCUT2D eigenvalue weighted by Crippen LogP contribution is 2.29. The molecule has 0 fully saturated rings. The van der Waals surface area contributed by atoms with Gasteiger partial charge in [-0.25, -0.2) is 4.98 Å². The summed E-state index contributed by atoms with van der Waals surface area (Å²) in [6.07, 6.45) is -4.54. The lowest BCUT2D eigenvalue weighted by Crippen LogP contribution is -2.18. The van der Waals surface area contributed by atoms with Gasteiger partial charge in [0, 0.05) is 19.7 Å². The van der Waals surface area contributed by atoms with Gasteiger partial charge in [-0.15, -0.1) is 0 Å². The minimum Gasteiger partial charge on any atom is -0.384 e. The lowest BCUT2D eigenvalue weighted by atomic mass is 10.2. The topological polar surface area (TPSA) is 73.1 Å². The number of rotatable bonds is 5. The molecule has 1 unspecified atom stereocenters. The molecule has 0 aliphatic rings. The number of hydrogen-bond acceptors (Lipinski definition) is 5. The van der Waals surface area contributed by atoms with Crippen LogP contribution in [0.2, 0.25) is 0 Å². The first kappa shape index (κ1) is 14.5. The second kappa shape index (κ2) is 5.85. The van der Waals surface area contributed by atoms with E-state index in [4.69, 9.17) is 10.5 Å². The Hall–Kier alpha value is -1.57. The monoisotopic (exact) mass is 264 g/mol. The lowest BCUT2D eigenvalue weighted by Gasteiger charge is -2.13. The van der Waals surface area contributed by atoms with Gasteiger partial charge in [0.2, 0.25) is 5.95 Å². The number of nitrogen functional groups attached to an aromatic ring is 1. The zero-order valence-electron chi connectivity index (χ0n) is 10.1. The SMILES string of the molecule is COCC(C)CNc1cc(C(F)(F)F)nc(N)n1. The van der Waals surface area contributed by atoms with Crippen molar-refractivity contribution in [3.63, 3.8) is 0 Å². The van der Waals surface area contributed by atoms with Crippen LogP contribution in [0.4, 0.5) is 24.9 Å². The van der Waals surface area contributed by atoms with Gasteiger partial charge in [-0.2, -0.15) is 18.2 Å². The fourth-order valence-corrected chi connectivity index (χ4v) is 1.32. The molecule has 18 heavy (non-hydrogen) atoms. The summed E-state index contributed by atoms with van der Waals surface area (Å²) < 4.78 is 42.3. The van der Waals surface area contributed by atoms with E-state index in [9.17, 15) is 13.2 Å². The van der Waals surface area contributed by atoms with E-state index >= 15 is 0 Å². The van der Waals surface area contributed by atoms with Crippen LogP contribution in [0.15, 0.2) is 6.07 Å². The molecule has 0 aliphatic carbocycles. The average molecular weight is 264 g/mol. The highest BCUT2D eigenvalue weighted by Gasteiger charge is 2.33. The Labute approximate surface area is 103 Å². The smallest absolute Gasteiger partial charge is 0.384 e. The molecule has 1 rings (SSSR count). The van der Waals surface area contributed by atoms with Crippen molar-refractivity contribution in [1.82, 2.24) is 9.97 Å². The molecule has 0 aliphatic heterocycles. The lowest BCUT2D eigenvalue weighted by molar-refractivity contribution is -0.141. The highest BCUT2D eigenvalue weighted by atomic mass is 19.4. The van der Waals surface area contributed by atoms with Crippen molar-refractivity contribution < 1.29 is 17.9 Å². The number of aromatic nitrogens is 2. The number of methoxy groups -OCH3 is 1. The number of hydrogen-bond donors (Lipinski definition) is 2. The third kappa shape index (κ3) is 4.36. The molecule has 0 saturated heterocycles. The third-order valence-corrected chi connectivity index (χ3v) is 2.12. The molecule has 1 aromatic heterocycles. The summed E-state index contributed by atoms with van der Waals surface area (Å²) in [4.78, 5) is 6.84. The quantitative estimate of drug-likeness (QED) is 0.848. The van der Waals surface area contributed by atoms with Gasteiger partial charge in [-0.3, -0.25) is 0 Å². The first-order valence-corrected chi connectivity index (χ1v) is 5.27. The Bertz CT molecular complexity index is 397. The van der Waals surface area contributed by atoms with E-state index in [-0.39, 0.29) is 11.7 Å². The minimum absolute atomic E-state index is 0.0535. The summed E-state index contributed by atoms with van der Waals surface area (Å²) in [6, 6.07) is 0.829. The van der Waals surface area contributed by atoms with Crippen molar-refractivity contribution in [1.29, 1.82) is 0 Å². The molecule has 102 valence electrons. The maximum atomic E-state index is 12.5. The number of nitrogens with one attached hydrogen (secondary N) is 1. The van der Waals surface area contributed by atoms with Gasteiger partial charge in [0.25, 0.3) is 0 Å². The van der Waals surface area contributed by atoms with Gasteiger partial charge >= 0.3 is 6.18 Å². The Balaban J connectivity index is 2.75. The first-order valence-electron chi connectivity index (χ1n) is 5.27. The van der Waals surface area contributed by atoms with Crippen LogP contribution in [0.25, 0.3) is 0 Å². The standard InChI is InChI=1S/C10H15F3N4O/c1-6(5-18-2)4-15-8-3-7(10(11,12)13)16-9(14)17-8/h3,6H,4-5H2,1-2H3,(H3,14,15,16,17). The van der Waals surface area contributed by atoms with Crippen LogP contribution in [0, 0.1) is 5.92 Å². The molecule has 0 spiro atoms. The fraction of sp³-hybridized carbons (Fsp3) is 0.600. The Morgan fingerprint density at radius 1 is 1.44 bits per heavy atom. The number of alkyl halides is 3. The van der Waals surface area contributed by atoms with Crippen molar-refractivity contribution in [3.05, 3.63) is 11.8 Å². The number of halogens is 3. The summed E-state index contributed by atoms with van der Waals surface area (Å²) >= 11 is 0. The van der Waals surface area contributed by atoms with E-state index in [1.54, 1.807) is 7.11 Å². The van der Waals surface area contributed by atoms with E-state index < -0.39 is 17.8 Å². The maximum absolute atomic E-state index is 12.5. The van der Waals surface area contributed by atoms with Gasteiger partial charge in [-0.05, 0) is 5.92 Å². The van der Waals surface area contributed by atoms with E-state index in [2.05, 4.69) is 15.3 Å². The van der Waals surface area contributed by atoms with Crippen LogP contribution in [0.3, 0.4) is 0 Å². The largest absolute Gasteiger partial charge is 0.433 e. The van der Waals surface area contributed by atoms with Crippen LogP contribution < -0.4 is 11.1 Å². The van der Waals surface area contributed by atoms with E-state index in [0.29, 0.717) is 13.2 Å². The molecule has 1 aromatic rings. The molecule has 0 aromatic carbocycles. The Morgan fingerprint density at radius 2 is 2.11 bits per heavy atom. The van der Waals surface area contributed by atoms with E-state index in [1.165, 1.54) is 0 Å². The molecule has 1 heterocycles. The van der Waals surface area contributed by atoms with Gasteiger partial charge in [-0.1, -0.05) is 6.92 Å². The predicted molar refractivity (Wildman–Crippen MR) is 61.0 cm³/mol. The zero-order chi connectivity index (χ0) is 13.8. The van der Waals surface area contributed by atoms with Crippen LogP contribution in [0.5, 0.6) is 0 Å². The summed E-state index contributed by atoms with van der Waals surface area (Å²) in [5.41, 5.74) is 4.18. The van der Waals surface area contributed by atoms with Crippen molar-refractivity contribution in [2.75, 3.05) is 31.3 Å². The molecule has 1 atom stereocenters. The predicted octanol–water partition coefficient (Wildman–Crippen LogP) is 1.77. The average Bonchev–Trinajstić information content (AvgIpc) is 2.25. The van der Waals surface area contributed by atoms with Gasteiger partial charge in [0.05, 0.1) is 6.61 Å². The second-order valence-electron chi connectivity index (χ2n) is 3.94.